The van der Waals surface area contributed by atoms with Crippen LogP contribution in [0.5, 0.6) is 23.0 Å². The van der Waals surface area contributed by atoms with E-state index in [-0.39, 0.29) is 28.9 Å². The molecule has 0 aliphatic heterocycles. The van der Waals surface area contributed by atoms with E-state index in [1.54, 1.807) is 51.2 Å². The fourth-order valence-electron chi connectivity index (χ4n) is 4.40. The molecule has 10 heteroatoms. The summed E-state index contributed by atoms with van der Waals surface area (Å²) in [5, 5.41) is 3.78. The summed E-state index contributed by atoms with van der Waals surface area (Å²) in [5.74, 6) is 0.197. The second-order valence-electron chi connectivity index (χ2n) is 10.5. The molecule has 0 fully saturated rings. The van der Waals surface area contributed by atoms with E-state index >= 15 is 0 Å². The number of methoxy groups -OCH3 is 1. The first kappa shape index (κ1) is 28.3. The highest BCUT2D eigenvalue weighted by Crippen LogP contribution is 2.31. The third-order valence-electron chi connectivity index (χ3n) is 6.30. The minimum atomic E-state index is -1.07. The molecule has 1 amide bonds. The number of alkyl carbamates (subject to hydrolysis) is 1. The molecule has 0 spiro atoms. The summed E-state index contributed by atoms with van der Waals surface area (Å²) in [4.78, 5) is 42.3. The van der Waals surface area contributed by atoms with Crippen LogP contribution in [0.1, 0.15) is 26.3 Å². The molecule has 0 aliphatic rings. The highest BCUT2D eigenvalue weighted by molar-refractivity contribution is 5.87. The molecule has 10 nitrogen and oxygen atoms in total. The smallest absolute Gasteiger partial charge is 0.408 e. The molecule has 216 valence electrons. The lowest BCUT2D eigenvalue weighted by molar-refractivity contribution is -0.136. The Morgan fingerprint density at radius 3 is 2.45 bits per heavy atom. The minimum Gasteiger partial charge on any atom is -0.493 e. The predicted octanol–water partition coefficient (Wildman–Crippen LogP) is 6.12. The van der Waals surface area contributed by atoms with Gasteiger partial charge in [0.1, 0.15) is 29.2 Å². The number of rotatable bonds is 8. The van der Waals surface area contributed by atoms with Gasteiger partial charge in [-0.05, 0) is 56.7 Å². The van der Waals surface area contributed by atoms with E-state index < -0.39 is 29.1 Å². The van der Waals surface area contributed by atoms with Crippen LogP contribution in [-0.2, 0) is 16.0 Å². The molecule has 2 N–H and O–H groups in total. The zero-order valence-electron chi connectivity index (χ0n) is 23.6. The summed E-state index contributed by atoms with van der Waals surface area (Å²) >= 11 is 0. The number of nitrogens with one attached hydrogen (secondary N) is 2. The summed E-state index contributed by atoms with van der Waals surface area (Å²) in [7, 11) is 1.50. The van der Waals surface area contributed by atoms with Crippen LogP contribution < -0.4 is 25.0 Å². The molecule has 0 saturated heterocycles. The molecule has 0 radical (unpaired) electrons. The van der Waals surface area contributed by atoms with Gasteiger partial charge in [0.25, 0.3) is 0 Å². The first-order valence-corrected chi connectivity index (χ1v) is 13.2. The molecule has 0 saturated carbocycles. The van der Waals surface area contributed by atoms with E-state index in [4.69, 9.17) is 23.4 Å². The Hall–Kier alpha value is -5.25. The largest absolute Gasteiger partial charge is 0.493 e. The van der Waals surface area contributed by atoms with Gasteiger partial charge in [-0.25, -0.2) is 9.59 Å². The minimum absolute atomic E-state index is 0.0305. The Labute approximate surface area is 241 Å². The highest BCUT2D eigenvalue weighted by Gasteiger charge is 2.27. The lowest BCUT2D eigenvalue weighted by Crippen LogP contribution is -2.46. The second-order valence-corrected chi connectivity index (χ2v) is 10.5. The summed E-state index contributed by atoms with van der Waals surface area (Å²) in [6.45, 7) is 5.19. The Bertz CT molecular complexity index is 1820. The monoisotopic (exact) mass is 570 g/mol. The van der Waals surface area contributed by atoms with Crippen LogP contribution in [-0.4, -0.2) is 35.8 Å². The maximum absolute atomic E-state index is 13.4. The van der Waals surface area contributed by atoms with Gasteiger partial charge in [-0.2, -0.15) is 0 Å². The van der Waals surface area contributed by atoms with Gasteiger partial charge in [-0.15, -0.1) is 0 Å². The van der Waals surface area contributed by atoms with Gasteiger partial charge in [0.2, 0.25) is 11.2 Å². The number of hydrogen-bond donors (Lipinski definition) is 2. The molecule has 2 aromatic heterocycles. The number of H-pyrrole nitrogens is 1. The quantitative estimate of drug-likeness (QED) is 0.169. The van der Waals surface area contributed by atoms with Gasteiger partial charge < -0.3 is 33.7 Å². The first-order chi connectivity index (χ1) is 20.1. The highest BCUT2D eigenvalue weighted by atomic mass is 16.6. The van der Waals surface area contributed by atoms with Crippen molar-refractivity contribution in [3.8, 4) is 23.0 Å². The molecule has 1 atom stereocenters. The number of aromatic amines is 1. The molecule has 2 heterocycles. The molecule has 5 rings (SSSR count). The normalized spacial score (nSPS) is 12.1. The number of hydrogen-bond acceptors (Lipinski definition) is 8. The van der Waals surface area contributed by atoms with E-state index in [2.05, 4.69) is 10.3 Å². The molecule has 0 aliphatic carbocycles. The number of para-hydroxylation sites is 3. The Morgan fingerprint density at radius 2 is 1.69 bits per heavy atom. The third kappa shape index (κ3) is 6.38. The molecule has 5 aromatic rings. The fraction of sp³-hybridized carbons (Fsp3) is 0.219. The SMILES string of the molecule is COc1ccccc1Oc1coc2cc(OC(=O)[C@H](Cc3c[nH]c4ccccc34)NC(=O)OC(C)(C)C)ccc2c1=O. The number of amides is 1. The van der Waals surface area contributed by atoms with Crippen molar-refractivity contribution in [3.63, 3.8) is 0 Å². The number of ether oxygens (including phenoxy) is 4. The third-order valence-corrected chi connectivity index (χ3v) is 6.30. The van der Waals surface area contributed by atoms with Crippen molar-refractivity contribution in [2.45, 2.75) is 38.8 Å². The van der Waals surface area contributed by atoms with Crippen molar-refractivity contribution in [2.75, 3.05) is 7.11 Å². The van der Waals surface area contributed by atoms with Crippen LogP contribution in [0, 0.1) is 0 Å². The van der Waals surface area contributed by atoms with Gasteiger partial charge in [0, 0.05) is 29.6 Å². The topological polar surface area (TPSA) is 129 Å². The van der Waals surface area contributed by atoms with Crippen molar-refractivity contribution in [1.82, 2.24) is 10.3 Å². The summed E-state index contributed by atoms with van der Waals surface area (Å²) in [6, 6.07) is 17.9. The van der Waals surface area contributed by atoms with E-state index in [0.717, 1.165) is 16.5 Å². The van der Waals surface area contributed by atoms with Crippen molar-refractivity contribution >= 4 is 33.9 Å². The molecular weight excluding hydrogens is 540 g/mol. The predicted molar refractivity (Wildman–Crippen MR) is 156 cm³/mol. The number of fused-ring (bicyclic) bond motifs is 2. The zero-order chi connectivity index (χ0) is 29.9. The molecule has 0 bridgehead atoms. The average Bonchev–Trinajstić information content (AvgIpc) is 3.36. The Balaban J connectivity index is 1.38. The zero-order valence-corrected chi connectivity index (χ0v) is 23.6. The van der Waals surface area contributed by atoms with Crippen molar-refractivity contribution in [3.05, 3.63) is 95.0 Å². The Kier molecular flexibility index (Phi) is 7.88. The lowest BCUT2D eigenvalue weighted by Gasteiger charge is -2.23. The lowest BCUT2D eigenvalue weighted by atomic mass is 10.1. The number of esters is 1. The van der Waals surface area contributed by atoms with Crippen LogP contribution in [0.25, 0.3) is 21.9 Å². The van der Waals surface area contributed by atoms with Gasteiger partial charge in [0.15, 0.2) is 11.5 Å². The maximum atomic E-state index is 13.4. The van der Waals surface area contributed by atoms with Crippen LogP contribution >= 0.6 is 0 Å². The average molecular weight is 571 g/mol. The van der Waals surface area contributed by atoms with E-state index in [1.807, 2.05) is 24.3 Å². The van der Waals surface area contributed by atoms with E-state index in [1.165, 1.54) is 31.6 Å². The van der Waals surface area contributed by atoms with Crippen LogP contribution in [0.2, 0.25) is 0 Å². The number of carbonyl (C=O) groups is 2. The van der Waals surface area contributed by atoms with Gasteiger partial charge in [0.05, 0.1) is 12.5 Å². The first-order valence-electron chi connectivity index (χ1n) is 13.2. The number of benzene rings is 3. The van der Waals surface area contributed by atoms with Gasteiger partial charge >= 0.3 is 12.1 Å². The molecule has 42 heavy (non-hydrogen) atoms. The van der Waals surface area contributed by atoms with Crippen LogP contribution in [0.4, 0.5) is 4.79 Å². The summed E-state index contributed by atoms with van der Waals surface area (Å²) in [6.07, 6.45) is 2.37. The summed E-state index contributed by atoms with van der Waals surface area (Å²) < 4.78 is 27.7. The van der Waals surface area contributed by atoms with E-state index in [9.17, 15) is 14.4 Å². The number of aromatic nitrogens is 1. The second kappa shape index (κ2) is 11.7. The number of carbonyl (C=O) groups excluding carboxylic acids is 2. The van der Waals surface area contributed by atoms with Crippen molar-refractivity contribution in [1.29, 1.82) is 0 Å². The Morgan fingerprint density at radius 1 is 0.952 bits per heavy atom. The van der Waals surface area contributed by atoms with Gasteiger partial charge in [-0.3, -0.25) is 4.79 Å². The maximum Gasteiger partial charge on any atom is 0.408 e. The summed E-state index contributed by atoms with van der Waals surface area (Å²) in [5.41, 5.74) is 0.727. The van der Waals surface area contributed by atoms with Crippen LogP contribution in [0.15, 0.2) is 88.4 Å². The van der Waals surface area contributed by atoms with E-state index in [0.29, 0.717) is 11.5 Å². The van der Waals surface area contributed by atoms with Crippen LogP contribution in [0.3, 0.4) is 0 Å². The van der Waals surface area contributed by atoms with Gasteiger partial charge in [-0.1, -0.05) is 30.3 Å². The molecular formula is C32H30N2O8. The fourth-order valence-corrected chi connectivity index (χ4v) is 4.40. The molecule has 3 aromatic carbocycles. The van der Waals surface area contributed by atoms with Crippen molar-refractivity contribution in [2.24, 2.45) is 0 Å². The standard InChI is InChI=1S/C32H30N2O8/c1-32(2,3)42-31(37)34-24(15-19-17-33-23-10-6-5-9-21(19)23)30(36)40-20-13-14-22-27(16-20)39-18-28(29(22)35)41-26-12-8-7-11-25(26)38-4/h5-14,16-18,24,33H,15H2,1-4H3,(H,34,37)/t24-/m0/s1. The van der Waals surface area contributed by atoms with Crippen molar-refractivity contribution < 1.29 is 33.0 Å². The molecule has 0 unspecified atom stereocenters.